The molecule has 2 aromatic carbocycles. The Balaban J connectivity index is 1.71. The zero-order valence-electron chi connectivity index (χ0n) is 12.8. The van der Waals surface area contributed by atoms with Crippen molar-refractivity contribution in [1.29, 1.82) is 0 Å². The molecule has 0 saturated heterocycles. The zero-order chi connectivity index (χ0) is 15.2. The molecule has 5 rings (SSSR count). The Bertz CT molecular complexity index is 973. The fraction of sp³-hybridized carbons (Fsp3) is 0.143. The van der Waals surface area contributed by atoms with Crippen molar-refractivity contribution in [3.05, 3.63) is 70.8 Å². The van der Waals surface area contributed by atoms with E-state index in [-0.39, 0.29) is 0 Å². The van der Waals surface area contributed by atoms with Crippen molar-refractivity contribution in [1.82, 2.24) is 0 Å². The van der Waals surface area contributed by atoms with Gasteiger partial charge in [-0.25, -0.2) is 0 Å². The maximum atomic E-state index is 5.87. The first-order valence-corrected chi connectivity index (χ1v) is 8.13. The van der Waals surface area contributed by atoms with Crippen LogP contribution in [0.5, 0.6) is 5.75 Å². The van der Waals surface area contributed by atoms with Gasteiger partial charge in [-0.05, 0) is 48.1 Å². The Labute approximate surface area is 135 Å². The molecule has 3 aliphatic rings. The van der Waals surface area contributed by atoms with Crippen molar-refractivity contribution in [2.45, 2.75) is 12.8 Å². The minimum absolute atomic E-state index is 0.600. The number of nitrogens with one attached hydrogen (secondary N) is 1. The van der Waals surface area contributed by atoms with E-state index in [9.17, 15) is 0 Å². The lowest BCUT2D eigenvalue weighted by molar-refractivity contribution is 0.537. The third-order valence-electron chi connectivity index (χ3n) is 4.95. The van der Waals surface area contributed by atoms with Crippen LogP contribution in [-0.2, 0) is 0 Å². The maximum absolute atomic E-state index is 5.87. The number of hydrogen-bond donors (Lipinski definition) is 1. The molecule has 0 amide bonds. The van der Waals surface area contributed by atoms with Gasteiger partial charge in [-0.1, -0.05) is 36.4 Å². The van der Waals surface area contributed by atoms with Crippen LogP contribution in [0.2, 0.25) is 0 Å². The van der Waals surface area contributed by atoms with Crippen molar-refractivity contribution < 1.29 is 4.74 Å². The Hall–Kier alpha value is -2.74. The summed E-state index contributed by atoms with van der Waals surface area (Å²) in [6.45, 7) is 0. The van der Waals surface area contributed by atoms with Crippen LogP contribution in [0.15, 0.2) is 60.3 Å². The summed E-state index contributed by atoms with van der Waals surface area (Å²) in [5.41, 5.74) is 4.94. The largest absolute Gasteiger partial charge is 0.464 e. The second-order valence-corrected chi connectivity index (χ2v) is 6.29. The summed E-state index contributed by atoms with van der Waals surface area (Å²) in [5.74, 6) is 1.53. The van der Waals surface area contributed by atoms with E-state index in [1.54, 1.807) is 0 Å². The molecule has 0 fully saturated rings. The Morgan fingerprint density at radius 3 is 2.70 bits per heavy atom. The molecule has 23 heavy (non-hydrogen) atoms. The van der Waals surface area contributed by atoms with Gasteiger partial charge in [0.15, 0.2) is 0 Å². The summed E-state index contributed by atoms with van der Waals surface area (Å²) in [6.07, 6.45) is 13.2. The van der Waals surface area contributed by atoms with Gasteiger partial charge in [0.2, 0.25) is 0 Å². The molecule has 0 aromatic heterocycles. The third kappa shape index (κ3) is 1.95. The molecule has 0 saturated carbocycles. The Morgan fingerprint density at radius 2 is 1.78 bits per heavy atom. The smallest absolute Gasteiger partial charge is 0.134 e. The molecule has 0 spiro atoms. The second-order valence-electron chi connectivity index (χ2n) is 6.29. The monoisotopic (exact) mass is 299 g/mol. The topological polar surface area (TPSA) is 21.3 Å². The van der Waals surface area contributed by atoms with Crippen LogP contribution < -0.4 is 20.5 Å². The van der Waals surface area contributed by atoms with Crippen molar-refractivity contribution in [2.75, 3.05) is 5.32 Å². The summed E-state index contributed by atoms with van der Waals surface area (Å²) >= 11 is 0. The first-order valence-electron chi connectivity index (χ1n) is 8.13. The van der Waals surface area contributed by atoms with Gasteiger partial charge in [-0.15, -0.1) is 0 Å². The summed E-state index contributed by atoms with van der Waals surface area (Å²) in [6, 6.07) is 12.6. The fourth-order valence-corrected chi connectivity index (χ4v) is 3.69. The standard InChI is InChI=1S/C21H17NO/c1-2-6-14(5-1)15-11-18-19-13-23-21-8-4-3-7-17(21)16(19)9-10-20(18)22-12-15/h1-4,7-14,22H,5-6H2. The number of fused-ring (bicyclic) bond motifs is 5. The van der Waals surface area contributed by atoms with Gasteiger partial charge >= 0.3 is 0 Å². The highest BCUT2D eigenvalue weighted by molar-refractivity contribution is 5.78. The number of ether oxygens (including phenoxy) is 1. The summed E-state index contributed by atoms with van der Waals surface area (Å²) in [4.78, 5) is 0. The molecule has 2 aromatic rings. The number of rotatable bonds is 1. The predicted octanol–water partition coefficient (Wildman–Crippen LogP) is 3.54. The van der Waals surface area contributed by atoms with Crippen LogP contribution in [0.1, 0.15) is 12.8 Å². The minimum Gasteiger partial charge on any atom is -0.464 e. The maximum Gasteiger partial charge on any atom is 0.134 e. The lowest BCUT2D eigenvalue weighted by atomic mass is 9.92. The molecule has 2 heterocycles. The van der Waals surface area contributed by atoms with Crippen LogP contribution in [0.3, 0.4) is 0 Å². The fourth-order valence-electron chi connectivity index (χ4n) is 3.69. The Morgan fingerprint density at radius 1 is 0.913 bits per heavy atom. The molecule has 0 radical (unpaired) electrons. The van der Waals surface area contributed by atoms with Crippen molar-refractivity contribution in [3.63, 3.8) is 0 Å². The van der Waals surface area contributed by atoms with Crippen LogP contribution in [-0.4, -0.2) is 0 Å². The second kappa shape index (κ2) is 4.88. The van der Waals surface area contributed by atoms with Gasteiger partial charge in [0.1, 0.15) is 5.75 Å². The SMILES string of the molecule is C1=CCC(C2=CNc3ccc4c(c3=C2)=COc2ccccc2-4)C1. The van der Waals surface area contributed by atoms with E-state index in [4.69, 9.17) is 4.74 Å². The first-order chi connectivity index (χ1) is 11.4. The lowest BCUT2D eigenvalue weighted by Gasteiger charge is -2.20. The quantitative estimate of drug-likeness (QED) is 0.813. The van der Waals surface area contributed by atoms with Crippen LogP contribution in [0, 0.1) is 5.92 Å². The van der Waals surface area contributed by atoms with E-state index >= 15 is 0 Å². The van der Waals surface area contributed by atoms with Gasteiger partial charge in [0.25, 0.3) is 0 Å². The summed E-state index contributed by atoms with van der Waals surface area (Å²) in [5, 5.41) is 5.88. The zero-order valence-corrected chi connectivity index (χ0v) is 12.8. The molecule has 2 heteroatoms. The number of hydrogen-bond acceptors (Lipinski definition) is 2. The van der Waals surface area contributed by atoms with E-state index in [0.29, 0.717) is 5.92 Å². The van der Waals surface area contributed by atoms with Gasteiger partial charge < -0.3 is 10.1 Å². The van der Waals surface area contributed by atoms with Crippen molar-refractivity contribution >= 4 is 18.0 Å². The van der Waals surface area contributed by atoms with E-state index in [1.165, 1.54) is 27.1 Å². The highest BCUT2D eigenvalue weighted by Crippen LogP contribution is 2.31. The third-order valence-corrected chi connectivity index (χ3v) is 4.95. The summed E-state index contributed by atoms with van der Waals surface area (Å²) < 4.78 is 5.87. The highest BCUT2D eigenvalue weighted by Gasteiger charge is 2.19. The minimum atomic E-state index is 0.600. The van der Waals surface area contributed by atoms with E-state index in [0.717, 1.165) is 24.3 Å². The molecule has 1 N–H and O–H groups in total. The van der Waals surface area contributed by atoms with Crippen LogP contribution in [0.4, 0.5) is 5.69 Å². The van der Waals surface area contributed by atoms with E-state index in [1.807, 2.05) is 18.4 Å². The number of benzene rings is 2. The highest BCUT2D eigenvalue weighted by atomic mass is 16.5. The predicted molar refractivity (Wildman–Crippen MR) is 94.3 cm³/mol. The van der Waals surface area contributed by atoms with Crippen LogP contribution in [0.25, 0.3) is 23.5 Å². The Kier molecular flexibility index (Phi) is 2.71. The average molecular weight is 299 g/mol. The van der Waals surface area contributed by atoms with Crippen molar-refractivity contribution in [2.24, 2.45) is 5.92 Å². The molecule has 112 valence electrons. The van der Waals surface area contributed by atoms with E-state index in [2.05, 4.69) is 54.0 Å². The number of allylic oxidation sites excluding steroid dienone is 3. The number of para-hydroxylation sites is 1. The van der Waals surface area contributed by atoms with Gasteiger partial charge in [-0.3, -0.25) is 0 Å². The van der Waals surface area contributed by atoms with Crippen molar-refractivity contribution in [3.8, 4) is 16.9 Å². The first kappa shape index (κ1) is 12.8. The molecule has 0 bridgehead atoms. The lowest BCUT2D eigenvalue weighted by Crippen LogP contribution is -2.33. The molecule has 0 atom stereocenters. The average Bonchev–Trinajstić information content (AvgIpc) is 3.15. The van der Waals surface area contributed by atoms with Gasteiger partial charge in [-0.2, -0.15) is 0 Å². The van der Waals surface area contributed by atoms with Gasteiger partial charge in [0.05, 0.1) is 6.26 Å². The van der Waals surface area contributed by atoms with Gasteiger partial charge in [0, 0.05) is 27.9 Å². The number of anilines is 1. The molecule has 0 unspecified atom stereocenters. The molecule has 2 aliphatic heterocycles. The normalized spacial score (nSPS) is 17.7. The molecular weight excluding hydrogens is 282 g/mol. The molecular formula is C21H17NO. The summed E-state index contributed by atoms with van der Waals surface area (Å²) in [7, 11) is 0. The van der Waals surface area contributed by atoms with Crippen LogP contribution >= 0.6 is 0 Å². The molecule has 1 aliphatic carbocycles. The van der Waals surface area contributed by atoms with E-state index < -0.39 is 0 Å². The molecule has 2 nitrogen and oxygen atoms in total.